The molecule has 0 bridgehead atoms. The number of halogens is 2. The Morgan fingerprint density at radius 3 is 2.57 bits per heavy atom. The van der Waals surface area contributed by atoms with Gasteiger partial charge in [-0.1, -0.05) is 22.0 Å². The Morgan fingerprint density at radius 1 is 1.18 bits per heavy atom. The van der Waals surface area contributed by atoms with E-state index in [2.05, 4.69) is 42.2 Å². The molecule has 28 heavy (non-hydrogen) atoms. The summed E-state index contributed by atoms with van der Waals surface area (Å²) < 4.78 is 0.925. The van der Waals surface area contributed by atoms with E-state index in [-0.39, 0.29) is 41.7 Å². The van der Waals surface area contributed by atoms with Crippen molar-refractivity contribution in [3.8, 4) is 0 Å². The van der Waals surface area contributed by atoms with Gasteiger partial charge in [-0.25, -0.2) is 0 Å². The summed E-state index contributed by atoms with van der Waals surface area (Å²) in [5.74, 6) is 0.926. The molecule has 0 saturated heterocycles. The van der Waals surface area contributed by atoms with Gasteiger partial charge >= 0.3 is 0 Å². The molecule has 4 N–H and O–H groups in total. The zero-order valence-electron chi connectivity index (χ0n) is 16.3. The third kappa shape index (κ3) is 9.22. The first kappa shape index (κ1) is 24.7. The maximum absolute atomic E-state index is 12.1. The number of carbonyl (C=O) groups excluding carboxylic acids is 2. The molecular weight excluding hydrogens is 537 g/mol. The zero-order valence-corrected chi connectivity index (χ0v) is 20.2. The van der Waals surface area contributed by atoms with E-state index in [9.17, 15) is 9.59 Å². The fourth-order valence-electron chi connectivity index (χ4n) is 2.41. The van der Waals surface area contributed by atoms with Gasteiger partial charge in [-0.3, -0.25) is 14.6 Å². The standard InChI is InChI=1S/C19H28BrN5O2.HI/c1-3-21-19(24-11-10-22-18(27)14-5-6-14)23-9-8-17(26)25-16-12-15(20)7-4-13(16)2;/h4,7,12,14H,3,5-6,8-11H2,1-2H3,(H,22,27)(H,25,26)(H2,21,23,24);1H. The average Bonchev–Trinajstić information content (AvgIpc) is 3.46. The van der Waals surface area contributed by atoms with E-state index in [1.807, 2.05) is 32.0 Å². The molecule has 2 rings (SSSR count). The van der Waals surface area contributed by atoms with Gasteiger partial charge in [0.25, 0.3) is 0 Å². The fraction of sp³-hybridized carbons (Fsp3) is 0.526. The van der Waals surface area contributed by atoms with Crippen LogP contribution >= 0.6 is 39.9 Å². The minimum atomic E-state index is -0.0764. The number of anilines is 1. The molecule has 1 aromatic carbocycles. The fourth-order valence-corrected chi connectivity index (χ4v) is 2.77. The van der Waals surface area contributed by atoms with E-state index in [4.69, 9.17) is 0 Å². The number of aliphatic imine (C=N–C) groups is 1. The average molecular weight is 566 g/mol. The van der Waals surface area contributed by atoms with Gasteiger partial charge in [0.1, 0.15) is 0 Å². The number of carbonyl (C=O) groups is 2. The molecule has 0 unspecified atom stereocenters. The Labute approximate surface area is 192 Å². The van der Waals surface area contributed by atoms with Crippen molar-refractivity contribution in [3.63, 3.8) is 0 Å². The summed E-state index contributed by atoms with van der Waals surface area (Å²) in [5, 5.41) is 12.1. The molecule has 0 spiro atoms. The van der Waals surface area contributed by atoms with Crippen LogP contribution in [0.15, 0.2) is 27.7 Å². The van der Waals surface area contributed by atoms with Crippen LogP contribution in [0.1, 0.15) is 31.7 Å². The van der Waals surface area contributed by atoms with Crippen molar-refractivity contribution in [2.75, 3.05) is 31.5 Å². The summed E-state index contributed by atoms with van der Waals surface area (Å²) >= 11 is 3.41. The summed E-state index contributed by atoms with van der Waals surface area (Å²) in [6.45, 7) is 6.19. The number of nitrogens with one attached hydrogen (secondary N) is 4. The smallest absolute Gasteiger partial charge is 0.226 e. The normalized spacial score (nSPS) is 13.3. The molecule has 0 radical (unpaired) electrons. The summed E-state index contributed by atoms with van der Waals surface area (Å²) in [6, 6.07) is 5.78. The van der Waals surface area contributed by atoms with Gasteiger partial charge in [-0.2, -0.15) is 0 Å². The molecule has 1 aliphatic rings. The summed E-state index contributed by atoms with van der Waals surface area (Å²) in [5.41, 5.74) is 1.81. The Morgan fingerprint density at radius 2 is 1.89 bits per heavy atom. The largest absolute Gasteiger partial charge is 0.357 e. The Kier molecular flexibility index (Phi) is 11.4. The van der Waals surface area contributed by atoms with Crippen molar-refractivity contribution in [1.29, 1.82) is 0 Å². The summed E-state index contributed by atoms with van der Waals surface area (Å²) in [7, 11) is 0. The molecule has 1 aromatic rings. The predicted molar refractivity (Wildman–Crippen MR) is 127 cm³/mol. The number of aryl methyl sites for hydroxylation is 1. The Hall–Kier alpha value is -1.36. The number of rotatable bonds is 9. The van der Waals surface area contributed by atoms with Crippen LogP contribution in [-0.4, -0.2) is 44.0 Å². The predicted octanol–water partition coefficient (Wildman–Crippen LogP) is 2.79. The lowest BCUT2D eigenvalue weighted by Crippen LogP contribution is -2.41. The molecule has 156 valence electrons. The van der Waals surface area contributed by atoms with Crippen LogP contribution in [-0.2, 0) is 9.59 Å². The summed E-state index contributed by atoms with van der Waals surface area (Å²) in [4.78, 5) is 28.1. The van der Waals surface area contributed by atoms with E-state index in [1.54, 1.807) is 0 Å². The molecule has 2 amide bonds. The van der Waals surface area contributed by atoms with Crippen molar-refractivity contribution < 1.29 is 9.59 Å². The highest BCUT2D eigenvalue weighted by Crippen LogP contribution is 2.28. The second-order valence-corrected chi connectivity index (χ2v) is 7.43. The van der Waals surface area contributed by atoms with Crippen LogP contribution in [0.2, 0.25) is 0 Å². The SMILES string of the molecule is CCNC(=NCCC(=O)Nc1cc(Br)ccc1C)NCCNC(=O)C1CC1.I. The highest BCUT2D eigenvalue weighted by molar-refractivity contribution is 14.0. The lowest BCUT2D eigenvalue weighted by molar-refractivity contribution is -0.122. The molecule has 9 heteroatoms. The van der Waals surface area contributed by atoms with Crippen LogP contribution in [0.3, 0.4) is 0 Å². The third-order valence-corrected chi connectivity index (χ3v) is 4.58. The highest BCUT2D eigenvalue weighted by Gasteiger charge is 2.28. The number of hydrogen-bond acceptors (Lipinski definition) is 3. The minimum absolute atomic E-state index is 0. The van der Waals surface area contributed by atoms with Gasteiger partial charge in [-0.05, 0) is 44.4 Å². The van der Waals surface area contributed by atoms with E-state index < -0.39 is 0 Å². The first-order valence-electron chi connectivity index (χ1n) is 9.35. The van der Waals surface area contributed by atoms with Gasteiger partial charge < -0.3 is 21.3 Å². The van der Waals surface area contributed by atoms with E-state index >= 15 is 0 Å². The van der Waals surface area contributed by atoms with E-state index in [0.717, 1.165) is 35.1 Å². The maximum atomic E-state index is 12.1. The van der Waals surface area contributed by atoms with Crippen LogP contribution in [0.5, 0.6) is 0 Å². The maximum Gasteiger partial charge on any atom is 0.226 e. The number of nitrogens with zero attached hydrogens (tertiary/aromatic N) is 1. The van der Waals surface area contributed by atoms with Crippen LogP contribution in [0.25, 0.3) is 0 Å². The third-order valence-electron chi connectivity index (χ3n) is 4.09. The molecule has 0 heterocycles. The molecular formula is C19H29BrIN5O2. The van der Waals surface area contributed by atoms with Crippen molar-refractivity contribution in [1.82, 2.24) is 16.0 Å². The van der Waals surface area contributed by atoms with Crippen molar-refractivity contribution >= 4 is 63.4 Å². The first-order valence-corrected chi connectivity index (χ1v) is 10.1. The molecule has 1 aliphatic carbocycles. The zero-order chi connectivity index (χ0) is 19.6. The van der Waals surface area contributed by atoms with Gasteiger partial charge in [0.15, 0.2) is 5.96 Å². The van der Waals surface area contributed by atoms with Crippen molar-refractivity contribution in [2.24, 2.45) is 10.9 Å². The molecule has 7 nitrogen and oxygen atoms in total. The Balaban J connectivity index is 0.00000392. The number of amides is 2. The van der Waals surface area contributed by atoms with Crippen LogP contribution < -0.4 is 21.3 Å². The molecule has 0 aromatic heterocycles. The molecule has 1 fully saturated rings. The van der Waals surface area contributed by atoms with Gasteiger partial charge in [-0.15, -0.1) is 24.0 Å². The molecule has 1 saturated carbocycles. The van der Waals surface area contributed by atoms with Crippen molar-refractivity contribution in [2.45, 2.75) is 33.1 Å². The lowest BCUT2D eigenvalue weighted by atomic mass is 10.2. The second-order valence-electron chi connectivity index (χ2n) is 6.51. The molecule has 0 atom stereocenters. The van der Waals surface area contributed by atoms with Crippen molar-refractivity contribution in [3.05, 3.63) is 28.2 Å². The minimum Gasteiger partial charge on any atom is -0.357 e. The van der Waals surface area contributed by atoms with Gasteiger partial charge in [0, 0.05) is 42.1 Å². The van der Waals surface area contributed by atoms with Crippen LogP contribution in [0, 0.1) is 12.8 Å². The van der Waals surface area contributed by atoms with Gasteiger partial charge in [0.05, 0.1) is 6.54 Å². The van der Waals surface area contributed by atoms with Gasteiger partial charge in [0.2, 0.25) is 11.8 Å². The van der Waals surface area contributed by atoms with E-state index in [1.165, 1.54) is 0 Å². The Bertz CT molecular complexity index is 695. The second kappa shape index (κ2) is 13.0. The highest BCUT2D eigenvalue weighted by atomic mass is 127. The van der Waals surface area contributed by atoms with Crippen LogP contribution in [0.4, 0.5) is 5.69 Å². The molecule has 0 aliphatic heterocycles. The number of guanidine groups is 1. The number of hydrogen-bond donors (Lipinski definition) is 4. The van der Waals surface area contributed by atoms with E-state index in [0.29, 0.717) is 32.0 Å². The summed E-state index contributed by atoms with van der Waals surface area (Å²) in [6.07, 6.45) is 2.30. The first-order chi connectivity index (χ1) is 13.0. The monoisotopic (exact) mass is 565 g/mol. The topological polar surface area (TPSA) is 94.6 Å². The number of benzene rings is 1. The lowest BCUT2D eigenvalue weighted by Gasteiger charge is -2.12. The quantitative estimate of drug-likeness (QED) is 0.160.